The second-order valence-electron chi connectivity index (χ2n) is 12.2. The van der Waals surface area contributed by atoms with Gasteiger partial charge in [0.15, 0.2) is 0 Å². The number of fused-ring (bicyclic) bond motifs is 1. The van der Waals surface area contributed by atoms with Crippen LogP contribution < -0.4 is 0 Å². The highest BCUT2D eigenvalue weighted by atomic mass is 32.2. The van der Waals surface area contributed by atoms with Crippen LogP contribution >= 0.6 is 11.8 Å². The molecule has 0 radical (unpaired) electrons. The van der Waals surface area contributed by atoms with E-state index in [1.165, 1.54) is 0 Å². The van der Waals surface area contributed by atoms with Crippen molar-refractivity contribution in [2.24, 2.45) is 17.8 Å². The van der Waals surface area contributed by atoms with Gasteiger partial charge < -0.3 is 19.6 Å². The Labute approximate surface area is 239 Å². The first-order valence-electron chi connectivity index (χ1n) is 14.9. The average molecular weight is 563 g/mol. The van der Waals surface area contributed by atoms with Crippen LogP contribution in [0.15, 0.2) is 25.3 Å². The molecule has 2 amide bonds. The van der Waals surface area contributed by atoms with Crippen LogP contribution in [-0.2, 0) is 19.1 Å². The lowest BCUT2D eigenvalue weighted by Gasteiger charge is -2.40. The van der Waals surface area contributed by atoms with Crippen molar-refractivity contribution < 1.29 is 24.2 Å². The Kier molecular flexibility index (Phi) is 11.2. The Morgan fingerprint density at radius 2 is 1.95 bits per heavy atom. The topological polar surface area (TPSA) is 87.1 Å². The molecular weight excluding hydrogens is 512 g/mol. The van der Waals surface area contributed by atoms with E-state index in [9.17, 15) is 19.5 Å². The fourth-order valence-corrected chi connectivity index (χ4v) is 9.37. The van der Waals surface area contributed by atoms with E-state index in [0.717, 1.165) is 44.9 Å². The van der Waals surface area contributed by atoms with E-state index >= 15 is 0 Å². The molecule has 8 heteroatoms. The monoisotopic (exact) mass is 562 g/mol. The van der Waals surface area contributed by atoms with Crippen LogP contribution in [0.1, 0.15) is 85.5 Å². The smallest absolute Gasteiger partial charge is 0.311 e. The number of carbonyl (C=O) groups excluding carboxylic acids is 3. The zero-order chi connectivity index (χ0) is 28.8. The maximum Gasteiger partial charge on any atom is 0.311 e. The van der Waals surface area contributed by atoms with Crippen LogP contribution in [0.5, 0.6) is 0 Å². The molecule has 220 valence electrons. The molecule has 3 heterocycles. The van der Waals surface area contributed by atoms with E-state index < -0.39 is 33.4 Å². The van der Waals surface area contributed by atoms with Crippen LogP contribution in [0.2, 0.25) is 0 Å². The maximum atomic E-state index is 14.4. The molecule has 0 aromatic carbocycles. The van der Waals surface area contributed by atoms with E-state index in [2.05, 4.69) is 40.9 Å². The molecule has 0 aromatic heterocycles. The van der Waals surface area contributed by atoms with Crippen LogP contribution in [0.4, 0.5) is 0 Å². The summed E-state index contributed by atoms with van der Waals surface area (Å²) >= 11 is 1.66. The van der Waals surface area contributed by atoms with Gasteiger partial charge in [-0.2, -0.15) is 0 Å². The third-order valence-electron chi connectivity index (χ3n) is 8.79. The molecule has 3 fully saturated rings. The highest BCUT2D eigenvalue weighted by Gasteiger charge is 2.78. The van der Waals surface area contributed by atoms with Gasteiger partial charge in [0.25, 0.3) is 0 Å². The van der Waals surface area contributed by atoms with Gasteiger partial charge in [0.2, 0.25) is 11.8 Å². The van der Waals surface area contributed by atoms with Crippen molar-refractivity contribution >= 4 is 29.5 Å². The average Bonchev–Trinajstić information content (AvgIpc) is 3.46. The molecule has 39 heavy (non-hydrogen) atoms. The van der Waals surface area contributed by atoms with Crippen LogP contribution in [0.25, 0.3) is 0 Å². The van der Waals surface area contributed by atoms with Gasteiger partial charge in [0.05, 0.1) is 35.8 Å². The van der Waals surface area contributed by atoms with E-state index in [-0.39, 0.29) is 30.3 Å². The van der Waals surface area contributed by atoms with E-state index in [4.69, 9.17) is 4.74 Å². The summed E-state index contributed by atoms with van der Waals surface area (Å²) in [5.74, 6) is -1.58. The van der Waals surface area contributed by atoms with E-state index in [0.29, 0.717) is 32.5 Å². The number of likely N-dealkylation sites (tertiary alicyclic amines) is 1. The van der Waals surface area contributed by atoms with Crippen LogP contribution in [0, 0.1) is 17.8 Å². The highest BCUT2D eigenvalue weighted by molar-refractivity contribution is 8.02. The summed E-state index contributed by atoms with van der Waals surface area (Å²) < 4.78 is 4.60. The normalized spacial score (nSPS) is 29.9. The Balaban J connectivity index is 1.99. The number of rotatable bonds is 17. The first-order chi connectivity index (χ1) is 18.6. The van der Waals surface area contributed by atoms with Gasteiger partial charge in [0.1, 0.15) is 6.04 Å². The molecule has 3 saturated heterocycles. The predicted molar refractivity (Wildman–Crippen MR) is 157 cm³/mol. The van der Waals surface area contributed by atoms with Gasteiger partial charge in [-0.15, -0.1) is 24.9 Å². The van der Waals surface area contributed by atoms with Gasteiger partial charge >= 0.3 is 5.97 Å². The van der Waals surface area contributed by atoms with E-state index in [1.807, 2.05) is 11.0 Å². The van der Waals surface area contributed by atoms with Gasteiger partial charge in [0, 0.05) is 17.8 Å². The molecule has 1 spiro atoms. The molecule has 7 nitrogen and oxygen atoms in total. The zero-order valence-corrected chi connectivity index (χ0v) is 25.3. The molecule has 6 atom stereocenters. The minimum atomic E-state index is -0.718. The van der Waals surface area contributed by atoms with Crippen molar-refractivity contribution in [2.75, 3.05) is 26.3 Å². The number of carbonyl (C=O) groups is 3. The number of amides is 2. The number of ether oxygens (including phenoxy) is 1. The molecule has 1 N–H and O–H groups in total. The summed E-state index contributed by atoms with van der Waals surface area (Å²) in [6.07, 6.45) is 11.1. The molecule has 2 unspecified atom stereocenters. The number of allylic oxidation sites excluding steroid dienone is 1. The summed E-state index contributed by atoms with van der Waals surface area (Å²) in [7, 11) is 0. The third-order valence-corrected chi connectivity index (χ3v) is 10.8. The van der Waals surface area contributed by atoms with Gasteiger partial charge in [-0.3, -0.25) is 14.4 Å². The fraction of sp³-hybridized carbons (Fsp3) is 0.774. The Hall–Kier alpha value is -1.80. The van der Waals surface area contributed by atoms with Crippen molar-refractivity contribution in [1.82, 2.24) is 9.80 Å². The lowest BCUT2D eigenvalue weighted by Crippen LogP contribution is -2.57. The van der Waals surface area contributed by atoms with Crippen LogP contribution in [-0.4, -0.2) is 80.6 Å². The minimum Gasteiger partial charge on any atom is -0.465 e. The molecular formula is C31H50N2O5S. The summed E-state index contributed by atoms with van der Waals surface area (Å²) in [5.41, 5.74) is 0. The molecule has 0 saturated carbocycles. The summed E-state index contributed by atoms with van der Waals surface area (Å²) in [4.78, 5) is 45.9. The standard InChI is InChI=1S/C31H50N2O5S/c1-7-10-12-14-19-38-29(37)25-24-27(35)33(23(21-34)20-22(4)5)26(31(24)16-15-30(25,6)39-31)28(36)32(17-9-3)18-13-11-8-2/h7,9,22-26,34H,1,3,8,10-21H2,2,4-6H3/t23-,24+,25+,26?,30-,31?/m1/s1. The van der Waals surface area contributed by atoms with Gasteiger partial charge in [-0.05, 0) is 57.8 Å². The zero-order valence-electron chi connectivity index (χ0n) is 24.5. The summed E-state index contributed by atoms with van der Waals surface area (Å²) in [5, 5.41) is 10.5. The second-order valence-corrected chi connectivity index (χ2v) is 14.1. The van der Waals surface area contributed by atoms with Gasteiger partial charge in [-0.1, -0.05) is 45.8 Å². The largest absolute Gasteiger partial charge is 0.465 e. The number of nitrogens with zero attached hydrogens (tertiary/aromatic N) is 2. The summed E-state index contributed by atoms with van der Waals surface area (Å²) in [6, 6.07) is -1.19. The van der Waals surface area contributed by atoms with Gasteiger partial charge in [-0.25, -0.2) is 0 Å². The van der Waals surface area contributed by atoms with Crippen molar-refractivity contribution in [2.45, 2.75) is 107 Å². The molecule has 3 aliphatic heterocycles. The van der Waals surface area contributed by atoms with Crippen molar-refractivity contribution in [3.8, 4) is 0 Å². The quantitative estimate of drug-likeness (QED) is 0.153. The third kappa shape index (κ3) is 6.27. The van der Waals surface area contributed by atoms with Crippen molar-refractivity contribution in [3.05, 3.63) is 25.3 Å². The fourth-order valence-electron chi connectivity index (χ4n) is 7.04. The first kappa shape index (κ1) is 31.7. The lowest BCUT2D eigenvalue weighted by atomic mass is 9.66. The number of hydrogen-bond donors (Lipinski definition) is 1. The molecule has 0 aromatic rings. The first-order valence-corrected chi connectivity index (χ1v) is 15.7. The maximum absolute atomic E-state index is 14.4. The van der Waals surface area contributed by atoms with E-state index in [1.54, 1.807) is 22.7 Å². The number of thioether (sulfide) groups is 1. The number of aliphatic hydroxyl groups excluding tert-OH is 1. The molecule has 3 aliphatic rings. The number of hydrogen-bond acceptors (Lipinski definition) is 6. The molecule has 2 bridgehead atoms. The van der Waals surface area contributed by atoms with Crippen LogP contribution in [0.3, 0.4) is 0 Å². The SMILES string of the molecule is C=CCCCCOC(=O)[C@@H]1[C@H]2C(=O)N([C@@H](CO)CC(C)C)C(C(=O)N(CC=C)CCCCC)C23CC[C@@]1(C)S3. The Morgan fingerprint density at radius 1 is 1.21 bits per heavy atom. The lowest BCUT2D eigenvalue weighted by molar-refractivity contribution is -0.156. The van der Waals surface area contributed by atoms with Crippen molar-refractivity contribution in [3.63, 3.8) is 0 Å². The summed E-state index contributed by atoms with van der Waals surface area (Å²) in [6.45, 7) is 17.0. The Morgan fingerprint density at radius 3 is 2.56 bits per heavy atom. The number of unbranched alkanes of at least 4 members (excludes halogenated alkanes) is 4. The predicted octanol–water partition coefficient (Wildman–Crippen LogP) is 4.98. The van der Waals surface area contributed by atoms with Crippen molar-refractivity contribution in [1.29, 1.82) is 0 Å². The molecule has 0 aliphatic carbocycles. The number of aliphatic hydroxyl groups is 1. The minimum absolute atomic E-state index is 0.0840. The number of esters is 1. The second kappa shape index (κ2) is 13.7. The molecule has 3 rings (SSSR count). The Bertz CT molecular complexity index is 909. The highest BCUT2D eigenvalue weighted by Crippen LogP contribution is 2.71.